The van der Waals surface area contributed by atoms with E-state index in [-0.39, 0.29) is 17.2 Å². The predicted molar refractivity (Wildman–Crippen MR) is 126 cm³/mol. The van der Waals surface area contributed by atoms with E-state index in [0.717, 1.165) is 31.5 Å². The lowest BCUT2D eigenvalue weighted by Gasteiger charge is -2.46. The number of esters is 1. The van der Waals surface area contributed by atoms with Crippen LogP contribution in [0.2, 0.25) is 0 Å². The predicted octanol–water partition coefficient (Wildman–Crippen LogP) is 4.79. The van der Waals surface area contributed by atoms with Crippen molar-refractivity contribution in [1.29, 1.82) is 0 Å². The molecular formula is C27H24N2O5. The topological polar surface area (TPSA) is 89.8 Å². The molecule has 2 aliphatic carbocycles. The first-order valence-electron chi connectivity index (χ1n) is 11.7. The van der Waals surface area contributed by atoms with Crippen LogP contribution in [-0.2, 0) is 4.74 Å². The molecule has 2 aromatic rings. The first-order chi connectivity index (χ1) is 16.5. The maximum absolute atomic E-state index is 13.2. The van der Waals surface area contributed by atoms with Crippen molar-refractivity contribution in [1.82, 2.24) is 0 Å². The molecule has 0 saturated carbocycles. The van der Waals surface area contributed by atoms with Gasteiger partial charge in [-0.2, -0.15) is 0 Å². The molecular weight excluding hydrogens is 432 g/mol. The molecule has 7 heteroatoms. The van der Waals surface area contributed by atoms with Gasteiger partial charge in [0.1, 0.15) is 0 Å². The van der Waals surface area contributed by atoms with Crippen LogP contribution in [0.5, 0.6) is 0 Å². The molecule has 6 rings (SSSR count). The van der Waals surface area contributed by atoms with Crippen molar-refractivity contribution in [2.45, 2.75) is 24.7 Å². The fraction of sp³-hybridized carbons (Fsp3) is 0.333. The first-order valence-corrected chi connectivity index (χ1v) is 11.7. The highest BCUT2D eigenvalue weighted by atomic mass is 16.6. The van der Waals surface area contributed by atoms with Gasteiger partial charge in [-0.05, 0) is 54.0 Å². The summed E-state index contributed by atoms with van der Waals surface area (Å²) in [4.78, 5) is 38.5. The molecule has 0 amide bonds. The molecule has 34 heavy (non-hydrogen) atoms. The summed E-state index contributed by atoms with van der Waals surface area (Å²) in [5.74, 6) is 0.708. The smallest absolute Gasteiger partial charge is 0.338 e. The first kappa shape index (κ1) is 20.8. The van der Waals surface area contributed by atoms with Crippen LogP contribution in [-0.4, -0.2) is 36.4 Å². The van der Waals surface area contributed by atoms with Crippen LogP contribution in [0.15, 0.2) is 60.7 Å². The number of hydrogen-bond acceptors (Lipinski definition) is 6. The summed E-state index contributed by atoms with van der Waals surface area (Å²) in [5, 5.41) is 10.8. The highest BCUT2D eigenvalue weighted by Gasteiger charge is 2.44. The largest absolute Gasteiger partial charge is 0.454 e. The number of ketones is 1. The molecule has 0 spiro atoms. The second-order valence-electron chi connectivity index (χ2n) is 9.57. The van der Waals surface area contributed by atoms with E-state index in [1.54, 1.807) is 0 Å². The van der Waals surface area contributed by atoms with Gasteiger partial charge in [0.25, 0.3) is 5.69 Å². The Kier molecular flexibility index (Phi) is 4.86. The SMILES string of the molecule is O=C(COC(=O)c1ccc2c3c1[C@H]1C=CC[C@H]1CN3C[C@@H]1CC=C[C@@H]21)c1ccc([N+](=O)[O-])cc1. The number of nitro benzene ring substituents is 1. The number of rotatable bonds is 5. The molecule has 2 aromatic carbocycles. The Balaban J connectivity index is 1.28. The maximum Gasteiger partial charge on any atom is 0.338 e. The van der Waals surface area contributed by atoms with E-state index in [4.69, 9.17) is 4.74 Å². The molecule has 0 unspecified atom stereocenters. The van der Waals surface area contributed by atoms with Crippen molar-refractivity contribution in [2.24, 2.45) is 11.8 Å². The zero-order valence-corrected chi connectivity index (χ0v) is 18.6. The van der Waals surface area contributed by atoms with Gasteiger partial charge < -0.3 is 9.64 Å². The Morgan fingerprint density at radius 3 is 2.35 bits per heavy atom. The number of benzene rings is 2. The number of ether oxygens (including phenoxy) is 1. The van der Waals surface area contributed by atoms with Crippen molar-refractivity contribution < 1.29 is 19.2 Å². The van der Waals surface area contributed by atoms with E-state index in [1.165, 1.54) is 35.5 Å². The van der Waals surface area contributed by atoms with Crippen LogP contribution in [0.25, 0.3) is 0 Å². The van der Waals surface area contributed by atoms with E-state index in [1.807, 2.05) is 6.07 Å². The summed E-state index contributed by atoms with van der Waals surface area (Å²) >= 11 is 0. The fourth-order valence-electron chi connectivity index (χ4n) is 6.12. The quantitative estimate of drug-likeness (QED) is 0.211. The van der Waals surface area contributed by atoms with Crippen LogP contribution in [0, 0.1) is 22.0 Å². The molecule has 2 heterocycles. The minimum atomic E-state index is -0.520. The Bertz CT molecular complexity index is 1260. The lowest BCUT2D eigenvalue weighted by atomic mass is 9.73. The second kappa shape index (κ2) is 7.94. The second-order valence-corrected chi connectivity index (χ2v) is 9.57. The van der Waals surface area contributed by atoms with Gasteiger partial charge in [-0.3, -0.25) is 14.9 Å². The van der Waals surface area contributed by atoms with Crippen molar-refractivity contribution in [2.75, 3.05) is 24.6 Å². The van der Waals surface area contributed by atoms with Crippen molar-refractivity contribution in [3.63, 3.8) is 0 Å². The number of nitro groups is 1. The number of Topliss-reactive ketones (excluding diaryl/α,β-unsaturated/α-hetero) is 1. The third-order valence-corrected chi connectivity index (χ3v) is 7.70. The lowest BCUT2D eigenvalue weighted by molar-refractivity contribution is -0.384. The summed E-state index contributed by atoms with van der Waals surface area (Å²) in [6.07, 6.45) is 11.1. The fourth-order valence-corrected chi connectivity index (χ4v) is 6.12. The third-order valence-electron chi connectivity index (χ3n) is 7.70. The van der Waals surface area contributed by atoms with Gasteiger partial charge >= 0.3 is 5.97 Å². The summed E-state index contributed by atoms with van der Waals surface area (Å²) < 4.78 is 5.47. The number of fused-ring (bicyclic) bond motifs is 4. The zero-order chi connectivity index (χ0) is 23.4. The molecule has 0 radical (unpaired) electrons. The number of allylic oxidation sites excluding steroid dienone is 4. The monoisotopic (exact) mass is 456 g/mol. The van der Waals surface area contributed by atoms with Gasteiger partial charge in [0, 0.05) is 48.3 Å². The molecule has 0 N–H and O–H groups in total. The zero-order valence-electron chi connectivity index (χ0n) is 18.6. The van der Waals surface area contributed by atoms with Crippen LogP contribution in [0.4, 0.5) is 11.4 Å². The molecule has 2 aliphatic heterocycles. The molecule has 172 valence electrons. The van der Waals surface area contributed by atoms with Crippen LogP contribution >= 0.6 is 0 Å². The van der Waals surface area contributed by atoms with Gasteiger partial charge in [-0.15, -0.1) is 0 Å². The summed E-state index contributed by atoms with van der Waals surface area (Å²) in [5.41, 5.74) is 4.21. The minimum Gasteiger partial charge on any atom is -0.454 e. The van der Waals surface area contributed by atoms with Crippen molar-refractivity contribution in [3.05, 3.63) is 93.1 Å². The Morgan fingerprint density at radius 2 is 1.65 bits per heavy atom. The molecule has 0 aromatic heterocycles. The molecule has 0 fully saturated rings. The highest BCUT2D eigenvalue weighted by molar-refractivity contribution is 6.00. The average molecular weight is 456 g/mol. The van der Waals surface area contributed by atoms with Crippen LogP contribution in [0.1, 0.15) is 56.5 Å². The summed E-state index contributed by atoms with van der Waals surface area (Å²) in [6.45, 7) is 1.59. The number of nitrogens with zero attached hydrogens (tertiary/aromatic N) is 2. The Labute approximate surface area is 196 Å². The number of carbonyl (C=O) groups is 2. The van der Waals surface area contributed by atoms with E-state index < -0.39 is 23.3 Å². The Hall–Kier alpha value is -3.74. The van der Waals surface area contributed by atoms with Crippen molar-refractivity contribution >= 4 is 23.1 Å². The number of non-ortho nitro benzene ring substituents is 1. The van der Waals surface area contributed by atoms with Gasteiger partial charge in [0.2, 0.25) is 0 Å². The standard InChI is InChI=1S/C27H24N2O5/c30-24(16-7-9-19(10-8-16)29(32)33)15-34-27(31)23-12-11-22-20-5-1-3-17(20)13-28-14-18-4-2-6-21(18)25(23)26(22)28/h1-2,5-12,17-18,20-21H,3-4,13-15H2/t17-,18-,20+,21-/m0/s1. The van der Waals surface area contributed by atoms with Crippen LogP contribution in [0.3, 0.4) is 0 Å². The number of carbonyl (C=O) groups excluding carboxylic acids is 2. The molecule has 4 aliphatic rings. The van der Waals surface area contributed by atoms with Gasteiger partial charge in [-0.25, -0.2) is 4.79 Å². The van der Waals surface area contributed by atoms with E-state index in [2.05, 4.69) is 35.3 Å². The van der Waals surface area contributed by atoms with Gasteiger partial charge in [-0.1, -0.05) is 30.4 Å². The average Bonchev–Trinajstić information content (AvgIpc) is 3.52. The molecule has 7 nitrogen and oxygen atoms in total. The number of anilines is 1. The normalized spacial score (nSPS) is 25.5. The highest BCUT2D eigenvalue weighted by Crippen LogP contribution is 2.53. The number of hydrogen-bond donors (Lipinski definition) is 0. The molecule has 4 atom stereocenters. The maximum atomic E-state index is 13.2. The minimum absolute atomic E-state index is 0.0928. The van der Waals surface area contributed by atoms with Gasteiger partial charge in [0.05, 0.1) is 10.5 Å². The molecule has 0 saturated heterocycles. The van der Waals surface area contributed by atoms with Crippen molar-refractivity contribution in [3.8, 4) is 0 Å². The van der Waals surface area contributed by atoms with Gasteiger partial charge in [0.15, 0.2) is 12.4 Å². The lowest BCUT2D eigenvalue weighted by Crippen LogP contribution is -2.44. The van der Waals surface area contributed by atoms with E-state index in [9.17, 15) is 19.7 Å². The van der Waals surface area contributed by atoms with E-state index >= 15 is 0 Å². The van der Waals surface area contributed by atoms with Crippen LogP contribution < -0.4 is 4.90 Å². The third kappa shape index (κ3) is 3.26. The summed E-state index contributed by atoms with van der Waals surface area (Å²) in [7, 11) is 0. The molecule has 0 bridgehead atoms. The Morgan fingerprint density at radius 1 is 0.971 bits per heavy atom. The summed E-state index contributed by atoms with van der Waals surface area (Å²) in [6, 6.07) is 9.24. The van der Waals surface area contributed by atoms with E-state index in [0.29, 0.717) is 23.3 Å².